The van der Waals surface area contributed by atoms with E-state index in [9.17, 15) is 0 Å². The zero-order valence-corrected chi connectivity index (χ0v) is 11.5. The van der Waals surface area contributed by atoms with Crippen LogP contribution in [0, 0.1) is 0 Å². The Labute approximate surface area is 114 Å². The highest BCUT2D eigenvalue weighted by atomic mass is 16.5. The van der Waals surface area contributed by atoms with Crippen LogP contribution in [0.5, 0.6) is 0 Å². The van der Waals surface area contributed by atoms with Crippen molar-refractivity contribution in [1.29, 1.82) is 0 Å². The van der Waals surface area contributed by atoms with Crippen LogP contribution < -0.4 is 5.32 Å². The van der Waals surface area contributed by atoms with Gasteiger partial charge in [-0.05, 0) is 12.1 Å². The third kappa shape index (κ3) is 4.50. The molecular formula is C15H21N3O. The summed E-state index contributed by atoms with van der Waals surface area (Å²) < 4.78 is 7.47. The molecule has 2 rings (SSSR count). The van der Waals surface area contributed by atoms with Gasteiger partial charge in [-0.25, -0.2) is 4.68 Å². The smallest absolute Gasteiger partial charge is 0.0748 e. The summed E-state index contributed by atoms with van der Waals surface area (Å²) in [6.07, 6.45) is 3.86. The topological polar surface area (TPSA) is 39.1 Å². The fraction of sp³-hybridized carbons (Fsp3) is 0.400. The van der Waals surface area contributed by atoms with Gasteiger partial charge in [-0.2, -0.15) is 5.10 Å². The summed E-state index contributed by atoms with van der Waals surface area (Å²) in [4.78, 5) is 0. The molecule has 0 radical (unpaired) electrons. The van der Waals surface area contributed by atoms with Gasteiger partial charge in [-0.3, -0.25) is 0 Å². The first kappa shape index (κ1) is 13.8. The molecule has 0 amide bonds. The normalized spacial score (nSPS) is 11.1. The van der Waals surface area contributed by atoms with Gasteiger partial charge < -0.3 is 10.1 Å². The maximum atomic E-state index is 5.60. The third-order valence-corrected chi connectivity index (χ3v) is 2.72. The average molecular weight is 259 g/mol. The molecule has 0 atom stereocenters. The average Bonchev–Trinajstić information content (AvgIpc) is 2.88. The Kier molecular flexibility index (Phi) is 5.12. The van der Waals surface area contributed by atoms with Gasteiger partial charge in [0, 0.05) is 24.3 Å². The van der Waals surface area contributed by atoms with E-state index in [1.165, 1.54) is 0 Å². The molecule has 0 bridgehead atoms. The Morgan fingerprint density at radius 1 is 1.26 bits per heavy atom. The van der Waals surface area contributed by atoms with Crippen molar-refractivity contribution in [3.05, 3.63) is 48.3 Å². The van der Waals surface area contributed by atoms with E-state index in [1.54, 1.807) is 0 Å². The minimum atomic E-state index is 0.504. The second kappa shape index (κ2) is 7.07. The Morgan fingerprint density at radius 2 is 2.05 bits per heavy atom. The quantitative estimate of drug-likeness (QED) is 0.776. The molecule has 2 aromatic rings. The van der Waals surface area contributed by atoms with Crippen molar-refractivity contribution in [2.45, 2.75) is 26.5 Å². The molecule has 0 saturated heterocycles. The number of aromatic nitrogens is 2. The van der Waals surface area contributed by atoms with Gasteiger partial charge in [0.1, 0.15) is 0 Å². The van der Waals surface area contributed by atoms with Gasteiger partial charge in [0.15, 0.2) is 0 Å². The monoisotopic (exact) mass is 259 g/mol. The van der Waals surface area contributed by atoms with Crippen LogP contribution in [-0.2, 0) is 11.3 Å². The van der Waals surface area contributed by atoms with Crippen molar-refractivity contribution in [1.82, 2.24) is 15.1 Å². The number of nitrogens with one attached hydrogen (secondary N) is 1. The Bertz CT molecular complexity index is 479. The Balaban J connectivity index is 1.78. The molecular weight excluding hydrogens is 238 g/mol. The molecule has 1 N–H and O–H groups in total. The van der Waals surface area contributed by atoms with Crippen LogP contribution in [0.4, 0.5) is 0 Å². The van der Waals surface area contributed by atoms with Gasteiger partial charge in [0.2, 0.25) is 0 Å². The van der Waals surface area contributed by atoms with Crippen molar-refractivity contribution in [3.8, 4) is 5.69 Å². The Hall–Kier alpha value is -1.65. The molecule has 1 aromatic carbocycles. The van der Waals surface area contributed by atoms with E-state index in [2.05, 4.69) is 24.3 Å². The van der Waals surface area contributed by atoms with Crippen LogP contribution in [0.15, 0.2) is 42.7 Å². The summed E-state index contributed by atoms with van der Waals surface area (Å²) in [5.74, 6) is 0. The van der Waals surface area contributed by atoms with Crippen LogP contribution in [0.2, 0.25) is 0 Å². The van der Waals surface area contributed by atoms with Gasteiger partial charge >= 0.3 is 0 Å². The van der Waals surface area contributed by atoms with Gasteiger partial charge in [-0.15, -0.1) is 0 Å². The van der Waals surface area contributed by atoms with E-state index in [0.717, 1.165) is 17.8 Å². The number of hydrogen-bond acceptors (Lipinski definition) is 3. The summed E-state index contributed by atoms with van der Waals surface area (Å²) >= 11 is 0. The van der Waals surface area contributed by atoms with Crippen molar-refractivity contribution in [3.63, 3.8) is 0 Å². The van der Waals surface area contributed by atoms with Gasteiger partial charge in [0.05, 0.1) is 25.1 Å². The lowest BCUT2D eigenvalue weighted by molar-refractivity contribution is 0.121. The SMILES string of the molecule is CC(C)NCCOCc1cnn(-c2ccccc2)c1. The molecule has 0 fully saturated rings. The van der Waals surface area contributed by atoms with Crippen LogP contribution in [0.3, 0.4) is 0 Å². The Morgan fingerprint density at radius 3 is 2.79 bits per heavy atom. The van der Waals surface area contributed by atoms with E-state index in [0.29, 0.717) is 19.3 Å². The number of para-hydroxylation sites is 1. The lowest BCUT2D eigenvalue weighted by Crippen LogP contribution is -2.26. The van der Waals surface area contributed by atoms with Crippen LogP contribution >= 0.6 is 0 Å². The molecule has 0 spiro atoms. The number of nitrogens with zero attached hydrogens (tertiary/aromatic N) is 2. The molecule has 1 aromatic heterocycles. The molecule has 19 heavy (non-hydrogen) atoms. The first-order valence-corrected chi connectivity index (χ1v) is 6.66. The predicted octanol–water partition coefficient (Wildman–Crippen LogP) is 2.39. The zero-order chi connectivity index (χ0) is 13.5. The van der Waals surface area contributed by atoms with E-state index in [1.807, 2.05) is 47.4 Å². The lowest BCUT2D eigenvalue weighted by Gasteiger charge is -2.07. The second-order valence-electron chi connectivity index (χ2n) is 4.79. The number of rotatable bonds is 7. The van der Waals surface area contributed by atoms with Crippen LogP contribution in [-0.4, -0.2) is 29.0 Å². The van der Waals surface area contributed by atoms with E-state index >= 15 is 0 Å². The summed E-state index contributed by atoms with van der Waals surface area (Å²) in [5, 5.41) is 7.65. The standard InChI is InChI=1S/C15H21N3O/c1-13(2)16-8-9-19-12-14-10-17-18(11-14)15-6-4-3-5-7-15/h3-7,10-11,13,16H,8-9,12H2,1-2H3. The fourth-order valence-corrected chi connectivity index (χ4v) is 1.77. The molecule has 0 aliphatic carbocycles. The third-order valence-electron chi connectivity index (χ3n) is 2.72. The first-order chi connectivity index (χ1) is 9.25. The number of hydrogen-bond donors (Lipinski definition) is 1. The summed E-state index contributed by atoms with van der Waals surface area (Å²) in [6.45, 7) is 6.46. The van der Waals surface area contributed by atoms with E-state index < -0.39 is 0 Å². The zero-order valence-electron chi connectivity index (χ0n) is 11.5. The summed E-state index contributed by atoms with van der Waals surface area (Å²) in [7, 11) is 0. The highest BCUT2D eigenvalue weighted by Gasteiger charge is 2.00. The second-order valence-corrected chi connectivity index (χ2v) is 4.79. The fourth-order valence-electron chi connectivity index (χ4n) is 1.77. The van der Waals surface area contributed by atoms with Gasteiger partial charge in [-0.1, -0.05) is 32.0 Å². The molecule has 4 nitrogen and oxygen atoms in total. The molecule has 4 heteroatoms. The van der Waals surface area contributed by atoms with Crippen LogP contribution in [0.1, 0.15) is 19.4 Å². The molecule has 102 valence electrons. The largest absolute Gasteiger partial charge is 0.375 e. The van der Waals surface area contributed by atoms with Gasteiger partial charge in [0.25, 0.3) is 0 Å². The summed E-state index contributed by atoms with van der Waals surface area (Å²) in [6, 6.07) is 10.6. The number of benzene rings is 1. The van der Waals surface area contributed by atoms with Crippen LogP contribution in [0.25, 0.3) is 5.69 Å². The van der Waals surface area contributed by atoms with Crippen molar-refractivity contribution in [2.24, 2.45) is 0 Å². The van der Waals surface area contributed by atoms with Crippen molar-refractivity contribution < 1.29 is 4.74 Å². The van der Waals surface area contributed by atoms with Crippen molar-refractivity contribution in [2.75, 3.05) is 13.2 Å². The first-order valence-electron chi connectivity index (χ1n) is 6.66. The minimum Gasteiger partial charge on any atom is -0.375 e. The lowest BCUT2D eigenvalue weighted by atomic mass is 10.3. The molecule has 1 heterocycles. The molecule has 0 aliphatic heterocycles. The number of ether oxygens (including phenoxy) is 1. The minimum absolute atomic E-state index is 0.504. The highest BCUT2D eigenvalue weighted by Crippen LogP contribution is 2.08. The molecule has 0 unspecified atom stereocenters. The van der Waals surface area contributed by atoms with E-state index in [4.69, 9.17) is 4.74 Å². The molecule has 0 aliphatic rings. The summed E-state index contributed by atoms with van der Waals surface area (Å²) in [5.41, 5.74) is 2.16. The van der Waals surface area contributed by atoms with E-state index in [-0.39, 0.29) is 0 Å². The highest BCUT2D eigenvalue weighted by molar-refractivity contribution is 5.30. The maximum absolute atomic E-state index is 5.60. The predicted molar refractivity (Wildman–Crippen MR) is 76.4 cm³/mol. The molecule has 0 saturated carbocycles. The maximum Gasteiger partial charge on any atom is 0.0748 e. The van der Waals surface area contributed by atoms with Crippen molar-refractivity contribution >= 4 is 0 Å².